The van der Waals surface area contributed by atoms with Gasteiger partial charge < -0.3 is 19.7 Å². The van der Waals surface area contributed by atoms with E-state index < -0.39 is 5.60 Å². The van der Waals surface area contributed by atoms with Crippen molar-refractivity contribution in [1.29, 1.82) is 0 Å². The third-order valence-corrected chi connectivity index (χ3v) is 4.87. The van der Waals surface area contributed by atoms with Crippen LogP contribution in [0.5, 0.6) is 0 Å². The van der Waals surface area contributed by atoms with Gasteiger partial charge in [-0.15, -0.1) is 0 Å². The maximum absolute atomic E-state index is 12.1. The second-order valence-electron chi connectivity index (χ2n) is 8.18. The number of methoxy groups -OCH3 is 1. The SMILES string of the molecule is COC1CC(NCC2(C)CCN(C(=O)OC(C)(C)C)CC2)C1. The Morgan fingerprint density at radius 1 is 1.27 bits per heavy atom. The summed E-state index contributed by atoms with van der Waals surface area (Å²) in [6.07, 6.45) is 4.57. The minimum atomic E-state index is -0.415. The Kier molecular flexibility index (Phi) is 5.38. The Balaban J connectivity index is 1.70. The number of likely N-dealkylation sites (tertiary alicyclic amines) is 1. The number of amides is 1. The molecule has 1 aliphatic heterocycles. The number of piperidine rings is 1. The minimum absolute atomic E-state index is 0.176. The summed E-state index contributed by atoms with van der Waals surface area (Å²) >= 11 is 0. The molecule has 0 unspecified atom stereocenters. The summed E-state index contributed by atoms with van der Waals surface area (Å²) < 4.78 is 10.8. The van der Waals surface area contributed by atoms with E-state index in [2.05, 4.69) is 12.2 Å². The first-order valence-electron chi connectivity index (χ1n) is 8.45. The molecule has 0 aromatic rings. The minimum Gasteiger partial charge on any atom is -0.444 e. The molecule has 1 saturated heterocycles. The predicted molar refractivity (Wildman–Crippen MR) is 87.0 cm³/mol. The Morgan fingerprint density at radius 2 is 1.86 bits per heavy atom. The summed E-state index contributed by atoms with van der Waals surface area (Å²) in [5.41, 5.74) is -0.141. The van der Waals surface area contributed by atoms with Gasteiger partial charge in [-0.1, -0.05) is 6.92 Å². The smallest absolute Gasteiger partial charge is 0.410 e. The molecule has 0 radical (unpaired) electrons. The van der Waals surface area contributed by atoms with Gasteiger partial charge in [-0.05, 0) is 51.9 Å². The average Bonchev–Trinajstić information content (AvgIpc) is 2.36. The van der Waals surface area contributed by atoms with Crippen LogP contribution in [0.1, 0.15) is 53.4 Å². The van der Waals surface area contributed by atoms with Crippen LogP contribution in [-0.2, 0) is 9.47 Å². The van der Waals surface area contributed by atoms with E-state index in [0.717, 1.165) is 45.3 Å². The first-order chi connectivity index (χ1) is 10.2. The molecule has 1 heterocycles. The Bertz CT molecular complexity index is 378. The summed E-state index contributed by atoms with van der Waals surface area (Å²) in [4.78, 5) is 13.9. The molecule has 0 spiro atoms. The lowest BCUT2D eigenvalue weighted by Crippen LogP contribution is -2.51. The highest BCUT2D eigenvalue weighted by molar-refractivity contribution is 5.68. The van der Waals surface area contributed by atoms with Crippen LogP contribution in [0.2, 0.25) is 0 Å². The van der Waals surface area contributed by atoms with Crippen LogP contribution in [0.25, 0.3) is 0 Å². The second-order valence-corrected chi connectivity index (χ2v) is 8.18. The monoisotopic (exact) mass is 312 g/mol. The van der Waals surface area contributed by atoms with Crippen molar-refractivity contribution in [2.45, 2.75) is 71.1 Å². The molecular formula is C17H32N2O3. The fourth-order valence-electron chi connectivity index (χ4n) is 3.05. The fourth-order valence-corrected chi connectivity index (χ4v) is 3.05. The first-order valence-corrected chi connectivity index (χ1v) is 8.45. The maximum atomic E-state index is 12.1. The molecular weight excluding hydrogens is 280 g/mol. The van der Waals surface area contributed by atoms with Gasteiger partial charge in [0.15, 0.2) is 0 Å². The van der Waals surface area contributed by atoms with Crippen molar-refractivity contribution in [1.82, 2.24) is 10.2 Å². The summed E-state index contributed by atoms with van der Waals surface area (Å²) in [7, 11) is 1.79. The average molecular weight is 312 g/mol. The largest absolute Gasteiger partial charge is 0.444 e. The number of ether oxygens (including phenoxy) is 2. The summed E-state index contributed by atoms with van der Waals surface area (Å²) in [6.45, 7) is 10.7. The van der Waals surface area contributed by atoms with Crippen molar-refractivity contribution >= 4 is 6.09 Å². The molecule has 1 aliphatic carbocycles. The van der Waals surface area contributed by atoms with Crippen LogP contribution in [0, 0.1) is 5.41 Å². The van der Waals surface area contributed by atoms with Crippen LogP contribution in [0.15, 0.2) is 0 Å². The normalized spacial score (nSPS) is 28.1. The van der Waals surface area contributed by atoms with Crippen molar-refractivity contribution in [2.75, 3.05) is 26.7 Å². The lowest BCUT2D eigenvalue weighted by molar-refractivity contribution is 0.00347. The molecule has 1 saturated carbocycles. The van der Waals surface area contributed by atoms with Crippen LogP contribution in [-0.4, -0.2) is 55.5 Å². The highest BCUT2D eigenvalue weighted by atomic mass is 16.6. The Hall–Kier alpha value is -0.810. The summed E-state index contributed by atoms with van der Waals surface area (Å²) in [6, 6.07) is 0.602. The fraction of sp³-hybridized carbons (Fsp3) is 0.941. The summed E-state index contributed by atoms with van der Waals surface area (Å²) in [5, 5.41) is 3.66. The van der Waals surface area contributed by atoms with Gasteiger partial charge in [-0.2, -0.15) is 0 Å². The van der Waals surface area contributed by atoms with Crippen molar-refractivity contribution in [3.63, 3.8) is 0 Å². The zero-order valence-electron chi connectivity index (χ0n) is 14.8. The highest BCUT2D eigenvalue weighted by Crippen LogP contribution is 2.32. The standard InChI is InChI=1S/C17H32N2O3/c1-16(2,3)22-15(20)19-8-6-17(4,7-9-19)12-18-13-10-14(11-13)21-5/h13-14,18H,6-12H2,1-5H3. The molecule has 2 aliphatic rings. The number of hydrogen-bond acceptors (Lipinski definition) is 4. The van der Waals surface area contributed by atoms with E-state index in [1.807, 2.05) is 25.7 Å². The third-order valence-electron chi connectivity index (χ3n) is 4.87. The molecule has 5 heteroatoms. The number of carbonyl (C=O) groups is 1. The molecule has 128 valence electrons. The zero-order valence-corrected chi connectivity index (χ0v) is 14.8. The van der Waals surface area contributed by atoms with Gasteiger partial charge in [-0.25, -0.2) is 4.79 Å². The molecule has 0 atom stereocenters. The van der Waals surface area contributed by atoms with Crippen LogP contribution >= 0.6 is 0 Å². The van der Waals surface area contributed by atoms with Gasteiger partial charge in [0.2, 0.25) is 0 Å². The summed E-state index contributed by atoms with van der Waals surface area (Å²) in [5.74, 6) is 0. The number of nitrogens with one attached hydrogen (secondary N) is 1. The molecule has 2 fully saturated rings. The van der Waals surface area contributed by atoms with Gasteiger partial charge in [0, 0.05) is 32.8 Å². The van der Waals surface area contributed by atoms with Crippen LogP contribution in [0.3, 0.4) is 0 Å². The van der Waals surface area contributed by atoms with Gasteiger partial charge in [0.1, 0.15) is 5.60 Å². The molecule has 1 N–H and O–H groups in total. The van der Waals surface area contributed by atoms with Crippen molar-refractivity contribution in [3.8, 4) is 0 Å². The van der Waals surface area contributed by atoms with E-state index in [0.29, 0.717) is 12.1 Å². The molecule has 0 aromatic heterocycles. The van der Waals surface area contributed by atoms with Crippen LogP contribution in [0.4, 0.5) is 4.79 Å². The molecule has 2 rings (SSSR count). The maximum Gasteiger partial charge on any atom is 0.410 e. The van der Waals surface area contributed by atoms with E-state index >= 15 is 0 Å². The lowest BCUT2D eigenvalue weighted by Gasteiger charge is -2.42. The molecule has 22 heavy (non-hydrogen) atoms. The molecule has 5 nitrogen and oxygen atoms in total. The van der Waals surface area contributed by atoms with Gasteiger partial charge in [-0.3, -0.25) is 0 Å². The van der Waals surface area contributed by atoms with Crippen LogP contribution < -0.4 is 5.32 Å². The van der Waals surface area contributed by atoms with E-state index in [1.165, 1.54) is 0 Å². The van der Waals surface area contributed by atoms with Gasteiger partial charge in [0.05, 0.1) is 6.10 Å². The predicted octanol–water partition coefficient (Wildman–Crippen LogP) is 2.79. The van der Waals surface area contributed by atoms with Gasteiger partial charge in [0.25, 0.3) is 0 Å². The topological polar surface area (TPSA) is 50.8 Å². The molecule has 0 aromatic carbocycles. The lowest BCUT2D eigenvalue weighted by atomic mass is 9.79. The van der Waals surface area contributed by atoms with Crippen molar-refractivity contribution in [2.24, 2.45) is 5.41 Å². The van der Waals surface area contributed by atoms with Crippen molar-refractivity contribution in [3.05, 3.63) is 0 Å². The number of nitrogens with zero attached hydrogens (tertiary/aromatic N) is 1. The highest BCUT2D eigenvalue weighted by Gasteiger charge is 2.35. The number of hydrogen-bond donors (Lipinski definition) is 1. The third kappa shape index (κ3) is 4.85. The van der Waals surface area contributed by atoms with E-state index in [1.54, 1.807) is 7.11 Å². The number of rotatable bonds is 4. The van der Waals surface area contributed by atoms with E-state index in [4.69, 9.17) is 9.47 Å². The van der Waals surface area contributed by atoms with Crippen molar-refractivity contribution < 1.29 is 14.3 Å². The van der Waals surface area contributed by atoms with E-state index in [-0.39, 0.29) is 11.5 Å². The zero-order chi connectivity index (χ0) is 16.4. The molecule has 0 bridgehead atoms. The van der Waals surface area contributed by atoms with E-state index in [9.17, 15) is 4.79 Å². The quantitative estimate of drug-likeness (QED) is 0.867. The second kappa shape index (κ2) is 6.75. The molecule has 1 amide bonds. The first kappa shape index (κ1) is 17.5. The Morgan fingerprint density at radius 3 is 2.36 bits per heavy atom. The number of carbonyl (C=O) groups excluding carboxylic acids is 1. The Labute approximate surface area is 134 Å². The van der Waals surface area contributed by atoms with Gasteiger partial charge >= 0.3 is 6.09 Å².